The lowest BCUT2D eigenvalue weighted by atomic mass is 10.3. The Morgan fingerprint density at radius 1 is 1.47 bits per heavy atom. The molecule has 0 unspecified atom stereocenters. The van der Waals surface area contributed by atoms with Crippen molar-refractivity contribution >= 4 is 26.0 Å². The van der Waals surface area contributed by atoms with Crippen LogP contribution < -0.4 is 4.74 Å². The maximum atomic E-state index is 12.5. The first kappa shape index (κ1) is 16.2. The van der Waals surface area contributed by atoms with Crippen LogP contribution in [-0.2, 0) is 10.0 Å². The summed E-state index contributed by atoms with van der Waals surface area (Å²) in [5, 5.41) is 0. The summed E-state index contributed by atoms with van der Waals surface area (Å²) in [5.41, 5.74) is 0. The second-order valence-corrected chi connectivity index (χ2v) is 6.98. The number of benzene rings is 1. The van der Waals surface area contributed by atoms with Crippen molar-refractivity contribution in [3.05, 3.63) is 35.3 Å². The molecule has 4 nitrogen and oxygen atoms in total. The van der Waals surface area contributed by atoms with E-state index < -0.39 is 10.0 Å². The monoisotopic (exact) mass is 347 g/mol. The molecule has 0 aromatic heterocycles. The molecule has 0 spiro atoms. The first-order valence-corrected chi connectivity index (χ1v) is 8.07. The van der Waals surface area contributed by atoms with Crippen molar-refractivity contribution in [1.82, 2.24) is 4.31 Å². The van der Waals surface area contributed by atoms with Crippen LogP contribution in [0.2, 0.25) is 0 Å². The fourth-order valence-corrected chi connectivity index (χ4v) is 3.50. The van der Waals surface area contributed by atoms with E-state index in [0.717, 1.165) is 12.8 Å². The first-order chi connectivity index (χ1) is 8.93. The lowest BCUT2D eigenvalue weighted by Gasteiger charge is -2.18. The summed E-state index contributed by atoms with van der Waals surface area (Å²) in [4.78, 5) is 0.172. The third kappa shape index (κ3) is 4.06. The molecule has 0 aliphatic rings. The molecule has 0 heterocycles. The quantitative estimate of drug-likeness (QED) is 0.562. The van der Waals surface area contributed by atoms with Gasteiger partial charge in [-0.3, -0.25) is 0 Å². The number of hydrogen-bond acceptors (Lipinski definition) is 3. The number of rotatable bonds is 7. The van der Waals surface area contributed by atoms with Gasteiger partial charge in [0.25, 0.3) is 0 Å². The van der Waals surface area contributed by atoms with Crippen LogP contribution in [-0.4, -0.2) is 33.4 Å². The van der Waals surface area contributed by atoms with Gasteiger partial charge in [0.2, 0.25) is 10.0 Å². The number of methoxy groups -OCH3 is 1. The maximum absolute atomic E-state index is 12.5. The summed E-state index contributed by atoms with van der Waals surface area (Å²) in [5.74, 6) is 0.346. The van der Waals surface area contributed by atoms with Crippen LogP contribution in [0.3, 0.4) is 0 Å². The summed E-state index contributed by atoms with van der Waals surface area (Å²) in [7, 11) is -0.514. The normalized spacial score (nSPS) is 11.6. The van der Waals surface area contributed by atoms with E-state index in [2.05, 4.69) is 22.5 Å². The first-order valence-electron chi connectivity index (χ1n) is 5.84. The highest BCUT2D eigenvalue weighted by Crippen LogP contribution is 2.29. The standard InChI is InChI=1S/C13H18BrNO3S/c1-4-5-6-9-15(2)19(16,17)13-10-11(14)7-8-12(13)18-3/h4,7-8,10H,1,5-6,9H2,2-3H3. The zero-order valence-corrected chi connectivity index (χ0v) is 13.5. The van der Waals surface area contributed by atoms with Crippen molar-refractivity contribution in [2.75, 3.05) is 20.7 Å². The van der Waals surface area contributed by atoms with Crippen molar-refractivity contribution in [3.8, 4) is 5.75 Å². The van der Waals surface area contributed by atoms with Gasteiger partial charge in [0.15, 0.2) is 0 Å². The van der Waals surface area contributed by atoms with Gasteiger partial charge in [0.05, 0.1) is 7.11 Å². The number of sulfonamides is 1. The molecule has 0 N–H and O–H groups in total. The largest absolute Gasteiger partial charge is 0.495 e. The van der Waals surface area contributed by atoms with E-state index in [-0.39, 0.29) is 4.90 Å². The third-order valence-electron chi connectivity index (χ3n) is 2.70. The lowest BCUT2D eigenvalue weighted by Crippen LogP contribution is -2.28. The Morgan fingerprint density at radius 2 is 2.16 bits per heavy atom. The SMILES string of the molecule is C=CCCCN(C)S(=O)(=O)c1cc(Br)ccc1OC. The predicted molar refractivity (Wildman–Crippen MR) is 79.9 cm³/mol. The molecule has 1 aromatic rings. The van der Waals surface area contributed by atoms with Gasteiger partial charge in [0, 0.05) is 18.1 Å². The molecule has 0 saturated heterocycles. The average molecular weight is 348 g/mol. The van der Waals surface area contributed by atoms with Crippen LogP contribution >= 0.6 is 15.9 Å². The van der Waals surface area contributed by atoms with E-state index in [1.807, 2.05) is 0 Å². The highest BCUT2D eigenvalue weighted by molar-refractivity contribution is 9.10. The summed E-state index contributed by atoms with van der Waals surface area (Å²) >= 11 is 3.28. The summed E-state index contributed by atoms with van der Waals surface area (Å²) in [6.07, 6.45) is 3.31. The van der Waals surface area contributed by atoms with E-state index in [1.54, 1.807) is 31.3 Å². The fraction of sp³-hybridized carbons (Fsp3) is 0.385. The molecule has 19 heavy (non-hydrogen) atoms. The van der Waals surface area contributed by atoms with Crippen LogP contribution in [0, 0.1) is 0 Å². The summed E-state index contributed by atoms with van der Waals surface area (Å²) < 4.78 is 32.1. The van der Waals surface area contributed by atoms with Crippen LogP contribution in [0.25, 0.3) is 0 Å². The van der Waals surface area contributed by atoms with Crippen molar-refractivity contribution in [3.63, 3.8) is 0 Å². The Balaban J connectivity index is 3.05. The molecule has 0 aliphatic carbocycles. The van der Waals surface area contributed by atoms with Gasteiger partial charge in [-0.05, 0) is 31.0 Å². The fourth-order valence-electron chi connectivity index (χ4n) is 1.60. The van der Waals surface area contributed by atoms with Crippen LogP contribution in [0.1, 0.15) is 12.8 Å². The Hall–Kier alpha value is -0.850. The summed E-state index contributed by atoms with van der Waals surface area (Å²) in [6.45, 7) is 4.07. The van der Waals surface area contributed by atoms with Gasteiger partial charge in [0.1, 0.15) is 10.6 Å². The minimum Gasteiger partial charge on any atom is -0.495 e. The Kier molecular flexibility index (Phi) is 6.03. The van der Waals surface area contributed by atoms with Gasteiger partial charge >= 0.3 is 0 Å². The van der Waals surface area contributed by atoms with Gasteiger partial charge in [-0.1, -0.05) is 22.0 Å². The Morgan fingerprint density at radius 3 is 2.74 bits per heavy atom. The number of halogens is 1. The number of ether oxygens (including phenoxy) is 1. The zero-order chi connectivity index (χ0) is 14.5. The molecule has 6 heteroatoms. The van der Waals surface area contributed by atoms with E-state index in [9.17, 15) is 8.42 Å². The molecular weight excluding hydrogens is 330 g/mol. The second-order valence-electron chi connectivity index (χ2n) is 4.05. The van der Waals surface area contributed by atoms with Gasteiger partial charge in [-0.25, -0.2) is 12.7 Å². The topological polar surface area (TPSA) is 46.6 Å². The van der Waals surface area contributed by atoms with Gasteiger partial charge in [-0.15, -0.1) is 6.58 Å². The average Bonchev–Trinajstić information content (AvgIpc) is 2.38. The smallest absolute Gasteiger partial charge is 0.246 e. The molecule has 0 atom stereocenters. The van der Waals surface area contributed by atoms with E-state index in [4.69, 9.17) is 4.74 Å². The van der Waals surface area contributed by atoms with Crippen LogP contribution in [0.5, 0.6) is 5.75 Å². The minimum atomic E-state index is -3.54. The highest BCUT2D eigenvalue weighted by atomic mass is 79.9. The molecule has 0 radical (unpaired) electrons. The zero-order valence-electron chi connectivity index (χ0n) is 11.1. The van der Waals surface area contributed by atoms with Gasteiger partial charge in [-0.2, -0.15) is 0 Å². The Bertz CT molecular complexity index is 543. The number of nitrogens with zero attached hydrogens (tertiary/aromatic N) is 1. The van der Waals surface area contributed by atoms with Crippen molar-refractivity contribution in [1.29, 1.82) is 0 Å². The molecule has 0 bridgehead atoms. The molecule has 1 rings (SSSR count). The minimum absolute atomic E-state index is 0.172. The van der Waals surface area contributed by atoms with E-state index >= 15 is 0 Å². The molecule has 0 saturated carbocycles. The van der Waals surface area contributed by atoms with E-state index in [1.165, 1.54) is 11.4 Å². The van der Waals surface area contributed by atoms with Crippen LogP contribution in [0.15, 0.2) is 40.2 Å². The Labute approximate surface area is 123 Å². The predicted octanol–water partition coefficient (Wildman–Crippen LogP) is 3.04. The van der Waals surface area contributed by atoms with Gasteiger partial charge < -0.3 is 4.74 Å². The molecule has 0 fully saturated rings. The number of hydrogen-bond donors (Lipinski definition) is 0. The lowest BCUT2D eigenvalue weighted by molar-refractivity contribution is 0.397. The molecular formula is C13H18BrNO3S. The van der Waals surface area contributed by atoms with Crippen molar-refractivity contribution < 1.29 is 13.2 Å². The number of unbranched alkanes of at least 4 members (excludes halogenated alkanes) is 1. The molecule has 106 valence electrons. The molecule has 0 amide bonds. The highest BCUT2D eigenvalue weighted by Gasteiger charge is 2.24. The second kappa shape index (κ2) is 7.07. The summed E-state index contributed by atoms with van der Waals surface area (Å²) in [6, 6.07) is 4.93. The maximum Gasteiger partial charge on any atom is 0.246 e. The van der Waals surface area contributed by atoms with Crippen LogP contribution in [0.4, 0.5) is 0 Å². The molecule has 1 aromatic carbocycles. The van der Waals surface area contributed by atoms with Crippen molar-refractivity contribution in [2.45, 2.75) is 17.7 Å². The van der Waals surface area contributed by atoms with Crippen molar-refractivity contribution in [2.24, 2.45) is 0 Å². The van der Waals surface area contributed by atoms with E-state index in [0.29, 0.717) is 16.8 Å². The molecule has 0 aliphatic heterocycles. The number of allylic oxidation sites excluding steroid dienone is 1. The third-order valence-corrected chi connectivity index (χ3v) is 5.07.